The highest BCUT2D eigenvalue weighted by Gasteiger charge is 2.36. The second-order valence-electron chi connectivity index (χ2n) is 6.29. The topological polar surface area (TPSA) is 75.3 Å². The monoisotopic (exact) mass is 392 g/mol. The molecular weight excluding hydrogens is 375 g/mol. The van der Waals surface area contributed by atoms with Crippen LogP contribution in [0.3, 0.4) is 0 Å². The molecule has 2 amide bonds. The number of hydrogen-bond donors (Lipinski definition) is 2. The van der Waals surface area contributed by atoms with Crippen molar-refractivity contribution in [3.63, 3.8) is 0 Å². The van der Waals surface area contributed by atoms with Crippen molar-refractivity contribution in [3.8, 4) is 0 Å². The standard InChI is InChI=1S/C19H18Cl2N2O3/c1-11(24)12-4-7-14(8-5-12)22-17(25)19(2,3)18(26)23-16-9-6-13(20)10-15(16)21/h4-10H,1-3H3,(H,22,25)(H,23,26). The van der Waals surface area contributed by atoms with Crippen molar-refractivity contribution in [3.05, 3.63) is 58.1 Å². The Morgan fingerprint density at radius 2 is 1.46 bits per heavy atom. The van der Waals surface area contributed by atoms with Crippen LogP contribution < -0.4 is 10.6 Å². The lowest BCUT2D eigenvalue weighted by molar-refractivity contribution is -0.135. The number of nitrogens with one attached hydrogen (secondary N) is 2. The van der Waals surface area contributed by atoms with Gasteiger partial charge in [0.25, 0.3) is 0 Å². The summed E-state index contributed by atoms with van der Waals surface area (Å²) in [5.41, 5.74) is 0.0397. The van der Waals surface area contributed by atoms with Gasteiger partial charge in [0.2, 0.25) is 11.8 Å². The molecule has 26 heavy (non-hydrogen) atoms. The molecule has 0 aliphatic heterocycles. The normalized spacial score (nSPS) is 11.0. The fourth-order valence-corrected chi connectivity index (χ4v) is 2.50. The average Bonchev–Trinajstić information content (AvgIpc) is 2.57. The molecule has 0 heterocycles. The molecule has 0 saturated carbocycles. The zero-order valence-electron chi connectivity index (χ0n) is 14.5. The summed E-state index contributed by atoms with van der Waals surface area (Å²) in [7, 11) is 0. The van der Waals surface area contributed by atoms with Crippen molar-refractivity contribution in [2.45, 2.75) is 20.8 Å². The van der Waals surface area contributed by atoms with Crippen LogP contribution in [-0.2, 0) is 9.59 Å². The predicted molar refractivity (Wildman–Crippen MR) is 104 cm³/mol. The predicted octanol–water partition coefficient (Wildman–Crippen LogP) is 4.80. The van der Waals surface area contributed by atoms with E-state index in [1.165, 1.54) is 26.8 Å². The molecule has 0 saturated heterocycles. The number of carbonyl (C=O) groups is 3. The van der Waals surface area contributed by atoms with Gasteiger partial charge in [0.1, 0.15) is 5.41 Å². The maximum absolute atomic E-state index is 12.5. The van der Waals surface area contributed by atoms with Crippen LogP contribution >= 0.6 is 23.2 Å². The van der Waals surface area contributed by atoms with Gasteiger partial charge in [-0.2, -0.15) is 0 Å². The first-order chi connectivity index (χ1) is 12.1. The van der Waals surface area contributed by atoms with Gasteiger partial charge < -0.3 is 10.6 Å². The smallest absolute Gasteiger partial charge is 0.239 e. The fraction of sp³-hybridized carbons (Fsp3) is 0.211. The fourth-order valence-electron chi connectivity index (χ4n) is 2.05. The summed E-state index contributed by atoms with van der Waals surface area (Å²) in [6.45, 7) is 4.47. The molecule has 0 fully saturated rings. The minimum atomic E-state index is -1.36. The Balaban J connectivity index is 2.10. The number of Topliss-reactive ketones (excluding diaryl/α,β-unsaturated/α-hetero) is 1. The number of anilines is 2. The zero-order valence-corrected chi connectivity index (χ0v) is 16.0. The Morgan fingerprint density at radius 1 is 0.885 bits per heavy atom. The van der Waals surface area contributed by atoms with Gasteiger partial charge in [0.05, 0.1) is 10.7 Å². The van der Waals surface area contributed by atoms with Crippen LogP contribution in [0.1, 0.15) is 31.1 Å². The number of hydrogen-bond acceptors (Lipinski definition) is 3. The SMILES string of the molecule is CC(=O)c1ccc(NC(=O)C(C)(C)C(=O)Nc2ccc(Cl)cc2Cl)cc1. The quantitative estimate of drug-likeness (QED) is 0.566. The van der Waals surface area contributed by atoms with Gasteiger partial charge >= 0.3 is 0 Å². The van der Waals surface area contributed by atoms with Gasteiger partial charge in [-0.15, -0.1) is 0 Å². The molecular formula is C19H18Cl2N2O3. The molecule has 0 spiro atoms. The van der Waals surface area contributed by atoms with E-state index in [0.717, 1.165) is 0 Å². The molecule has 0 bridgehead atoms. The molecule has 0 aromatic heterocycles. The van der Waals surface area contributed by atoms with Crippen molar-refractivity contribution in [2.24, 2.45) is 5.41 Å². The summed E-state index contributed by atoms with van der Waals surface area (Å²) in [4.78, 5) is 36.4. The molecule has 7 heteroatoms. The Kier molecular flexibility index (Phi) is 6.05. The van der Waals surface area contributed by atoms with Crippen molar-refractivity contribution in [2.75, 3.05) is 10.6 Å². The summed E-state index contributed by atoms with van der Waals surface area (Å²) in [6.07, 6.45) is 0. The lowest BCUT2D eigenvalue weighted by Crippen LogP contribution is -2.41. The van der Waals surface area contributed by atoms with E-state index in [0.29, 0.717) is 22.0 Å². The van der Waals surface area contributed by atoms with E-state index in [1.54, 1.807) is 36.4 Å². The van der Waals surface area contributed by atoms with E-state index >= 15 is 0 Å². The summed E-state index contributed by atoms with van der Waals surface area (Å²) in [6, 6.07) is 11.1. The van der Waals surface area contributed by atoms with E-state index in [1.807, 2.05) is 0 Å². The first-order valence-corrected chi connectivity index (χ1v) is 8.56. The Morgan fingerprint density at radius 3 is 2.00 bits per heavy atom. The van der Waals surface area contributed by atoms with Gasteiger partial charge in [-0.05, 0) is 63.2 Å². The molecule has 136 valence electrons. The number of rotatable bonds is 5. The molecule has 0 aliphatic carbocycles. The van der Waals surface area contributed by atoms with Crippen molar-refractivity contribution in [1.82, 2.24) is 0 Å². The number of benzene rings is 2. The van der Waals surface area contributed by atoms with Crippen LogP contribution in [0.4, 0.5) is 11.4 Å². The second kappa shape index (κ2) is 7.89. The van der Waals surface area contributed by atoms with E-state index < -0.39 is 17.2 Å². The largest absolute Gasteiger partial charge is 0.325 e. The lowest BCUT2D eigenvalue weighted by Gasteiger charge is -2.23. The van der Waals surface area contributed by atoms with E-state index in [9.17, 15) is 14.4 Å². The Labute approximate surface area is 161 Å². The number of amides is 2. The van der Waals surface area contributed by atoms with Gasteiger partial charge in [0, 0.05) is 16.3 Å². The minimum absolute atomic E-state index is 0.0672. The van der Waals surface area contributed by atoms with Crippen molar-refractivity contribution < 1.29 is 14.4 Å². The first kappa shape index (κ1) is 19.9. The third-order valence-electron chi connectivity index (χ3n) is 3.86. The van der Waals surface area contributed by atoms with Crippen LogP contribution in [-0.4, -0.2) is 17.6 Å². The van der Waals surface area contributed by atoms with Crippen LogP contribution in [0, 0.1) is 5.41 Å². The molecule has 5 nitrogen and oxygen atoms in total. The maximum atomic E-state index is 12.5. The van der Waals surface area contributed by atoms with Crippen LogP contribution in [0.25, 0.3) is 0 Å². The number of carbonyl (C=O) groups excluding carboxylic acids is 3. The second-order valence-corrected chi connectivity index (χ2v) is 7.13. The van der Waals surface area contributed by atoms with Gasteiger partial charge in [-0.25, -0.2) is 0 Å². The van der Waals surface area contributed by atoms with Crippen molar-refractivity contribution in [1.29, 1.82) is 0 Å². The van der Waals surface area contributed by atoms with E-state index in [4.69, 9.17) is 23.2 Å². The van der Waals surface area contributed by atoms with Crippen LogP contribution in [0.2, 0.25) is 10.0 Å². The number of halogens is 2. The molecule has 2 aromatic rings. The third-order valence-corrected chi connectivity index (χ3v) is 4.41. The zero-order chi connectivity index (χ0) is 19.5. The summed E-state index contributed by atoms with van der Waals surface area (Å²) in [5, 5.41) is 6.03. The van der Waals surface area contributed by atoms with Gasteiger partial charge in [0.15, 0.2) is 5.78 Å². The summed E-state index contributed by atoms with van der Waals surface area (Å²) in [5.74, 6) is -1.07. The van der Waals surface area contributed by atoms with Gasteiger partial charge in [-0.1, -0.05) is 23.2 Å². The number of ketones is 1. The third kappa shape index (κ3) is 4.62. The first-order valence-electron chi connectivity index (χ1n) is 7.80. The molecule has 2 aromatic carbocycles. The molecule has 0 aliphatic rings. The van der Waals surface area contributed by atoms with E-state index in [2.05, 4.69) is 10.6 Å². The van der Waals surface area contributed by atoms with Gasteiger partial charge in [-0.3, -0.25) is 14.4 Å². The highest BCUT2D eigenvalue weighted by atomic mass is 35.5. The summed E-state index contributed by atoms with van der Waals surface area (Å²) >= 11 is 11.9. The highest BCUT2D eigenvalue weighted by molar-refractivity contribution is 6.36. The summed E-state index contributed by atoms with van der Waals surface area (Å²) < 4.78 is 0. The highest BCUT2D eigenvalue weighted by Crippen LogP contribution is 2.28. The molecule has 0 unspecified atom stereocenters. The molecule has 2 N–H and O–H groups in total. The molecule has 2 rings (SSSR count). The van der Waals surface area contributed by atoms with E-state index in [-0.39, 0.29) is 10.8 Å². The Bertz CT molecular complexity index is 862. The maximum Gasteiger partial charge on any atom is 0.239 e. The lowest BCUT2D eigenvalue weighted by atomic mass is 9.90. The van der Waals surface area contributed by atoms with Crippen molar-refractivity contribution >= 4 is 52.2 Å². The molecule has 0 radical (unpaired) electrons. The molecule has 0 atom stereocenters. The van der Waals surface area contributed by atoms with Crippen LogP contribution in [0.5, 0.6) is 0 Å². The average molecular weight is 393 g/mol. The Hall–Kier alpha value is -2.37. The van der Waals surface area contributed by atoms with Crippen LogP contribution in [0.15, 0.2) is 42.5 Å². The minimum Gasteiger partial charge on any atom is -0.325 e.